The maximum atomic E-state index is 6.12. The number of aromatic nitrogens is 2. The monoisotopic (exact) mass is 275 g/mol. The van der Waals surface area contributed by atoms with Crippen LogP contribution in [-0.4, -0.2) is 24.0 Å². The van der Waals surface area contributed by atoms with Crippen molar-refractivity contribution in [1.82, 2.24) is 9.78 Å². The van der Waals surface area contributed by atoms with Crippen molar-refractivity contribution in [2.45, 2.75) is 19.8 Å². The predicted octanol–water partition coefficient (Wildman–Crippen LogP) is 2.64. The summed E-state index contributed by atoms with van der Waals surface area (Å²) in [5.74, 6) is 2.24. The Hall–Kier alpha value is -2.17. The minimum atomic E-state index is 0.701. The Morgan fingerprint density at radius 1 is 1.25 bits per heavy atom. The molecule has 0 bridgehead atoms. The number of ether oxygens (including phenoxy) is 2. The van der Waals surface area contributed by atoms with Gasteiger partial charge in [0, 0.05) is 18.2 Å². The van der Waals surface area contributed by atoms with Gasteiger partial charge in [0.2, 0.25) is 0 Å². The van der Waals surface area contributed by atoms with Gasteiger partial charge in [0.1, 0.15) is 23.0 Å². The fourth-order valence-corrected chi connectivity index (χ4v) is 2.29. The molecule has 0 saturated heterocycles. The molecule has 2 aromatic rings. The number of nitrogen functional groups attached to an aromatic ring is 1. The largest absolute Gasteiger partial charge is 0.497 e. The average molecular weight is 275 g/mol. The van der Waals surface area contributed by atoms with E-state index >= 15 is 0 Å². The zero-order valence-electron chi connectivity index (χ0n) is 12.4. The van der Waals surface area contributed by atoms with Crippen LogP contribution in [0, 0.1) is 0 Å². The number of anilines is 1. The molecular weight excluding hydrogens is 254 g/mol. The lowest BCUT2D eigenvalue weighted by atomic mass is 10.0. The molecule has 1 aromatic carbocycles. The molecule has 0 aliphatic heterocycles. The first-order valence-corrected chi connectivity index (χ1v) is 6.66. The summed E-state index contributed by atoms with van der Waals surface area (Å²) in [6.45, 7) is 2.12. The summed E-state index contributed by atoms with van der Waals surface area (Å²) in [5, 5.41) is 4.54. The van der Waals surface area contributed by atoms with Crippen LogP contribution < -0.4 is 15.2 Å². The van der Waals surface area contributed by atoms with Crippen LogP contribution in [-0.2, 0) is 13.5 Å². The molecule has 0 unspecified atom stereocenters. The Morgan fingerprint density at radius 2 is 2.00 bits per heavy atom. The maximum absolute atomic E-state index is 6.12. The molecule has 1 aromatic heterocycles. The Bertz CT molecular complexity index is 605. The van der Waals surface area contributed by atoms with Crippen LogP contribution in [0.15, 0.2) is 18.2 Å². The highest BCUT2D eigenvalue weighted by atomic mass is 16.5. The quantitative estimate of drug-likeness (QED) is 0.911. The minimum absolute atomic E-state index is 0.701. The lowest BCUT2D eigenvalue weighted by Crippen LogP contribution is -1.99. The molecular formula is C15H21N3O2. The number of nitrogens with zero attached hydrogens (tertiary/aromatic N) is 2. The van der Waals surface area contributed by atoms with Crippen molar-refractivity contribution in [2.75, 3.05) is 20.0 Å². The third-order valence-corrected chi connectivity index (χ3v) is 3.36. The standard InChI is InChI=1S/C15H21N3O2/c1-5-6-11-14(17-18(2)15(11)16)12-9-10(19-3)7-8-13(12)20-4/h7-9H,5-6,16H2,1-4H3. The van der Waals surface area contributed by atoms with Crippen molar-refractivity contribution in [2.24, 2.45) is 7.05 Å². The number of hydrogen-bond acceptors (Lipinski definition) is 4. The molecule has 20 heavy (non-hydrogen) atoms. The van der Waals surface area contributed by atoms with Gasteiger partial charge in [0.05, 0.1) is 14.2 Å². The number of methoxy groups -OCH3 is 2. The molecule has 1 heterocycles. The van der Waals surface area contributed by atoms with Crippen LogP contribution in [0.4, 0.5) is 5.82 Å². The second-order valence-electron chi connectivity index (χ2n) is 4.65. The minimum Gasteiger partial charge on any atom is -0.497 e. The van der Waals surface area contributed by atoms with E-state index in [4.69, 9.17) is 15.2 Å². The van der Waals surface area contributed by atoms with Gasteiger partial charge in [-0.25, -0.2) is 0 Å². The molecule has 0 saturated carbocycles. The Morgan fingerprint density at radius 3 is 2.60 bits per heavy atom. The average Bonchev–Trinajstić information content (AvgIpc) is 2.75. The Labute approximate surface area is 119 Å². The number of hydrogen-bond donors (Lipinski definition) is 1. The molecule has 0 aliphatic rings. The van der Waals surface area contributed by atoms with Crippen LogP contribution in [0.5, 0.6) is 11.5 Å². The van der Waals surface area contributed by atoms with Gasteiger partial charge in [-0.1, -0.05) is 13.3 Å². The maximum Gasteiger partial charge on any atom is 0.128 e. The summed E-state index contributed by atoms with van der Waals surface area (Å²) < 4.78 is 12.4. The van der Waals surface area contributed by atoms with Crippen LogP contribution in [0.1, 0.15) is 18.9 Å². The Balaban J connectivity index is 2.63. The van der Waals surface area contributed by atoms with E-state index in [9.17, 15) is 0 Å². The number of aryl methyl sites for hydroxylation is 1. The van der Waals surface area contributed by atoms with E-state index in [-0.39, 0.29) is 0 Å². The first kappa shape index (κ1) is 14.2. The SMILES string of the molecule is CCCc1c(-c2cc(OC)ccc2OC)nn(C)c1N. The third kappa shape index (κ3) is 2.43. The van der Waals surface area contributed by atoms with Crippen LogP contribution in [0.25, 0.3) is 11.3 Å². The zero-order chi connectivity index (χ0) is 14.7. The summed E-state index contributed by atoms with van der Waals surface area (Å²) in [4.78, 5) is 0. The van der Waals surface area contributed by atoms with E-state index in [1.54, 1.807) is 18.9 Å². The van der Waals surface area contributed by atoms with Gasteiger partial charge in [0.25, 0.3) is 0 Å². The van der Waals surface area contributed by atoms with Crippen molar-refractivity contribution in [3.05, 3.63) is 23.8 Å². The van der Waals surface area contributed by atoms with E-state index in [0.717, 1.165) is 41.2 Å². The van der Waals surface area contributed by atoms with Gasteiger partial charge in [0.15, 0.2) is 0 Å². The predicted molar refractivity (Wildman–Crippen MR) is 80.2 cm³/mol. The summed E-state index contributed by atoms with van der Waals surface area (Å²) in [5.41, 5.74) is 8.94. The Kier molecular flexibility index (Phi) is 4.17. The molecule has 108 valence electrons. The van der Waals surface area contributed by atoms with Crippen molar-refractivity contribution in [3.63, 3.8) is 0 Å². The molecule has 0 spiro atoms. The first-order chi connectivity index (χ1) is 9.62. The molecule has 0 radical (unpaired) electrons. The van der Waals surface area contributed by atoms with Crippen molar-refractivity contribution in [1.29, 1.82) is 0 Å². The second kappa shape index (κ2) is 5.86. The van der Waals surface area contributed by atoms with E-state index in [2.05, 4.69) is 12.0 Å². The molecule has 0 fully saturated rings. The van der Waals surface area contributed by atoms with E-state index in [0.29, 0.717) is 5.82 Å². The van der Waals surface area contributed by atoms with E-state index in [1.165, 1.54) is 0 Å². The highest BCUT2D eigenvalue weighted by molar-refractivity contribution is 5.75. The van der Waals surface area contributed by atoms with Gasteiger partial charge < -0.3 is 15.2 Å². The highest BCUT2D eigenvalue weighted by Gasteiger charge is 2.18. The zero-order valence-corrected chi connectivity index (χ0v) is 12.4. The summed E-state index contributed by atoms with van der Waals surface area (Å²) in [7, 11) is 5.15. The van der Waals surface area contributed by atoms with Crippen LogP contribution in [0.3, 0.4) is 0 Å². The van der Waals surface area contributed by atoms with Gasteiger partial charge in [-0.2, -0.15) is 5.10 Å². The van der Waals surface area contributed by atoms with Gasteiger partial charge in [-0.15, -0.1) is 0 Å². The summed E-state index contributed by atoms with van der Waals surface area (Å²) >= 11 is 0. The van der Waals surface area contributed by atoms with Gasteiger partial charge in [-0.05, 0) is 24.6 Å². The van der Waals surface area contributed by atoms with Crippen molar-refractivity contribution in [3.8, 4) is 22.8 Å². The van der Waals surface area contributed by atoms with Crippen molar-refractivity contribution < 1.29 is 9.47 Å². The molecule has 0 aliphatic carbocycles. The number of benzene rings is 1. The first-order valence-electron chi connectivity index (χ1n) is 6.66. The van der Waals surface area contributed by atoms with E-state index < -0.39 is 0 Å². The van der Waals surface area contributed by atoms with Gasteiger partial charge >= 0.3 is 0 Å². The summed E-state index contributed by atoms with van der Waals surface area (Å²) in [6.07, 6.45) is 1.89. The summed E-state index contributed by atoms with van der Waals surface area (Å²) in [6, 6.07) is 5.68. The number of rotatable bonds is 5. The normalized spacial score (nSPS) is 10.6. The van der Waals surface area contributed by atoms with Gasteiger partial charge in [-0.3, -0.25) is 4.68 Å². The fraction of sp³-hybridized carbons (Fsp3) is 0.400. The van der Waals surface area contributed by atoms with Crippen molar-refractivity contribution >= 4 is 5.82 Å². The second-order valence-corrected chi connectivity index (χ2v) is 4.65. The lowest BCUT2D eigenvalue weighted by molar-refractivity contribution is 0.404. The third-order valence-electron chi connectivity index (χ3n) is 3.36. The highest BCUT2D eigenvalue weighted by Crippen LogP contribution is 2.36. The van der Waals surface area contributed by atoms with Crippen LogP contribution in [0.2, 0.25) is 0 Å². The molecule has 2 rings (SSSR count). The lowest BCUT2D eigenvalue weighted by Gasteiger charge is -2.10. The molecule has 0 atom stereocenters. The number of nitrogens with two attached hydrogens (primary N) is 1. The molecule has 0 amide bonds. The van der Waals surface area contributed by atoms with Crippen LogP contribution >= 0.6 is 0 Å². The van der Waals surface area contributed by atoms with E-state index in [1.807, 2.05) is 25.2 Å². The topological polar surface area (TPSA) is 62.3 Å². The fourth-order valence-electron chi connectivity index (χ4n) is 2.29. The molecule has 5 heteroatoms. The molecule has 2 N–H and O–H groups in total. The smallest absolute Gasteiger partial charge is 0.128 e. The molecule has 5 nitrogen and oxygen atoms in total.